The van der Waals surface area contributed by atoms with Crippen LogP contribution in [0.25, 0.3) is 10.9 Å². The summed E-state index contributed by atoms with van der Waals surface area (Å²) in [6, 6.07) is 8.09. The summed E-state index contributed by atoms with van der Waals surface area (Å²) >= 11 is 2.18. The van der Waals surface area contributed by atoms with Crippen molar-refractivity contribution in [1.82, 2.24) is 4.98 Å². The summed E-state index contributed by atoms with van der Waals surface area (Å²) in [4.78, 5) is 4.68. The molecule has 1 atom stereocenters. The van der Waals surface area contributed by atoms with Crippen molar-refractivity contribution < 1.29 is 4.55 Å². The molecule has 1 aromatic carbocycles. The highest BCUT2D eigenvalue weighted by Crippen LogP contribution is 2.23. The number of aryl methyl sites for hydroxylation is 1. The largest absolute Gasteiger partial charge is 0.591 e. The number of nitrogens with zero attached hydrogens (tertiary/aromatic N) is 2. The fraction of sp³-hybridized carbons (Fsp3) is 0.375. The summed E-state index contributed by atoms with van der Waals surface area (Å²) in [5.41, 5.74) is 3.46. The minimum Gasteiger partial charge on any atom is -0.591 e. The second-order valence-corrected chi connectivity index (χ2v) is 8.85. The van der Waals surface area contributed by atoms with Gasteiger partial charge >= 0.3 is 0 Å². The van der Waals surface area contributed by atoms with Crippen LogP contribution in [0.15, 0.2) is 33.1 Å². The van der Waals surface area contributed by atoms with Gasteiger partial charge in [0.2, 0.25) is 0 Å². The van der Waals surface area contributed by atoms with E-state index in [1.165, 1.54) is 0 Å². The number of halogens is 1. The Morgan fingerprint density at radius 2 is 1.95 bits per heavy atom. The highest BCUT2D eigenvalue weighted by atomic mass is 79.9. The van der Waals surface area contributed by atoms with Crippen LogP contribution >= 0.6 is 15.9 Å². The maximum Gasteiger partial charge on any atom is 0.144 e. The molecule has 0 aliphatic rings. The average Bonchev–Trinajstić information content (AvgIpc) is 2.37. The summed E-state index contributed by atoms with van der Waals surface area (Å²) in [5, 5.41) is 1.09. The monoisotopic (exact) mass is 366 g/mol. The molecular formula is C16H19BrN2OS. The van der Waals surface area contributed by atoms with Crippen LogP contribution in [0.3, 0.4) is 0 Å². The van der Waals surface area contributed by atoms with Gasteiger partial charge in [-0.3, -0.25) is 0 Å². The Morgan fingerprint density at radius 3 is 2.57 bits per heavy atom. The second kappa shape index (κ2) is 6.07. The third-order valence-corrected chi connectivity index (χ3v) is 5.04. The van der Waals surface area contributed by atoms with Crippen molar-refractivity contribution in [3.05, 3.63) is 40.0 Å². The summed E-state index contributed by atoms with van der Waals surface area (Å²) in [7, 11) is 0. The van der Waals surface area contributed by atoms with E-state index in [9.17, 15) is 4.55 Å². The van der Waals surface area contributed by atoms with E-state index in [2.05, 4.69) is 31.4 Å². The van der Waals surface area contributed by atoms with Gasteiger partial charge in [-0.15, -0.1) is 0 Å². The molecule has 2 rings (SSSR count). The lowest BCUT2D eigenvalue weighted by Crippen LogP contribution is -2.27. The smallest absolute Gasteiger partial charge is 0.144 e. The molecule has 0 spiro atoms. The van der Waals surface area contributed by atoms with Gasteiger partial charge in [0.1, 0.15) is 21.8 Å². The minimum absolute atomic E-state index is 0.366. The Bertz CT molecular complexity index is 707. The molecule has 112 valence electrons. The normalized spacial score (nSPS) is 14.5. The molecule has 0 fully saturated rings. The molecule has 0 unspecified atom stereocenters. The Labute approximate surface area is 137 Å². The van der Waals surface area contributed by atoms with Crippen molar-refractivity contribution in [2.24, 2.45) is 4.40 Å². The first-order valence-corrected chi connectivity index (χ1v) is 8.63. The molecule has 0 saturated carbocycles. The highest BCUT2D eigenvalue weighted by Gasteiger charge is 2.27. The fourth-order valence-corrected chi connectivity index (χ4v) is 2.87. The molecule has 0 saturated heterocycles. The lowest BCUT2D eigenvalue weighted by Gasteiger charge is -2.19. The first-order chi connectivity index (χ1) is 9.68. The predicted octanol–water partition coefficient (Wildman–Crippen LogP) is 4.58. The Balaban J connectivity index is 2.50. The second-order valence-electron chi connectivity index (χ2n) is 6.03. The number of fused-ring (bicyclic) bond motifs is 1. The van der Waals surface area contributed by atoms with E-state index in [-0.39, 0.29) is 4.75 Å². The van der Waals surface area contributed by atoms with Gasteiger partial charge in [0.25, 0.3) is 0 Å². The van der Waals surface area contributed by atoms with Gasteiger partial charge in [0.15, 0.2) is 0 Å². The fourth-order valence-electron chi connectivity index (χ4n) is 1.92. The first-order valence-electron chi connectivity index (χ1n) is 6.73. The molecular weight excluding hydrogens is 348 g/mol. The van der Waals surface area contributed by atoms with Crippen molar-refractivity contribution in [1.29, 1.82) is 0 Å². The van der Waals surface area contributed by atoms with Crippen molar-refractivity contribution in [2.45, 2.75) is 39.4 Å². The third-order valence-electron chi connectivity index (χ3n) is 3.06. The Kier molecular flexibility index (Phi) is 4.76. The lowest BCUT2D eigenvalue weighted by atomic mass is 10.1. The predicted molar refractivity (Wildman–Crippen MR) is 94.3 cm³/mol. The molecule has 2 aromatic rings. The molecule has 1 heterocycles. The van der Waals surface area contributed by atoms with E-state index in [1.807, 2.05) is 52.8 Å². The molecule has 1 aromatic heterocycles. The quantitative estimate of drug-likeness (QED) is 0.576. The SMILES string of the molecule is C/C(=N\[S@+]([O-])C(C)(C)C)c1nc2cc(Br)ccc2cc1C. The zero-order valence-electron chi connectivity index (χ0n) is 12.9. The first kappa shape index (κ1) is 16.5. The summed E-state index contributed by atoms with van der Waals surface area (Å²) < 4.78 is 17.1. The molecule has 0 aliphatic heterocycles. The topological polar surface area (TPSA) is 48.3 Å². The molecule has 21 heavy (non-hydrogen) atoms. The van der Waals surface area contributed by atoms with Gasteiger partial charge < -0.3 is 4.55 Å². The highest BCUT2D eigenvalue weighted by molar-refractivity contribution is 9.10. The molecule has 0 amide bonds. The standard InChI is InChI=1S/C16H19BrN2OS/c1-10-8-12-6-7-13(17)9-14(12)18-15(10)11(2)19-21(20)16(3,4)5/h6-9H,1-5H3/b19-11+/t21-/m1/s1. The van der Waals surface area contributed by atoms with E-state index in [0.717, 1.165) is 26.6 Å². The summed E-state index contributed by atoms with van der Waals surface area (Å²) in [6.45, 7) is 9.61. The Hall–Kier alpha value is -0.910. The van der Waals surface area contributed by atoms with Crippen LogP contribution in [-0.2, 0) is 11.4 Å². The number of benzene rings is 1. The van der Waals surface area contributed by atoms with Crippen LogP contribution < -0.4 is 0 Å². The molecule has 0 bridgehead atoms. The number of aromatic nitrogens is 1. The van der Waals surface area contributed by atoms with Gasteiger partial charge in [-0.1, -0.05) is 26.4 Å². The average molecular weight is 367 g/mol. The maximum atomic E-state index is 12.2. The van der Waals surface area contributed by atoms with Crippen LogP contribution in [-0.4, -0.2) is 20.0 Å². The lowest BCUT2D eigenvalue weighted by molar-refractivity contribution is 0.561. The molecule has 0 radical (unpaired) electrons. The van der Waals surface area contributed by atoms with Gasteiger partial charge in [-0.25, -0.2) is 4.98 Å². The summed E-state index contributed by atoms with van der Waals surface area (Å²) in [5.74, 6) is 0. The van der Waals surface area contributed by atoms with Crippen LogP contribution in [0.1, 0.15) is 39.0 Å². The number of rotatable bonds is 2. The van der Waals surface area contributed by atoms with Crippen molar-refractivity contribution in [3.63, 3.8) is 0 Å². The van der Waals surface area contributed by atoms with E-state index < -0.39 is 11.4 Å². The Morgan fingerprint density at radius 1 is 1.29 bits per heavy atom. The van der Waals surface area contributed by atoms with Gasteiger partial charge in [0, 0.05) is 9.86 Å². The third kappa shape index (κ3) is 3.84. The van der Waals surface area contributed by atoms with Gasteiger partial charge in [0.05, 0.1) is 11.2 Å². The maximum absolute atomic E-state index is 12.2. The van der Waals surface area contributed by atoms with Crippen LogP contribution in [0.4, 0.5) is 0 Å². The zero-order valence-corrected chi connectivity index (χ0v) is 15.3. The van der Waals surface area contributed by atoms with Gasteiger partial charge in [-0.05, 0) is 58.4 Å². The van der Waals surface area contributed by atoms with Crippen LogP contribution in [0, 0.1) is 6.92 Å². The van der Waals surface area contributed by atoms with E-state index in [0.29, 0.717) is 5.71 Å². The molecule has 3 nitrogen and oxygen atoms in total. The molecule has 0 aliphatic carbocycles. The van der Waals surface area contributed by atoms with Crippen molar-refractivity contribution in [3.8, 4) is 0 Å². The van der Waals surface area contributed by atoms with Crippen molar-refractivity contribution in [2.75, 3.05) is 0 Å². The van der Waals surface area contributed by atoms with E-state index in [1.54, 1.807) is 0 Å². The number of hydrogen-bond acceptors (Lipinski definition) is 3. The minimum atomic E-state index is -1.28. The summed E-state index contributed by atoms with van der Waals surface area (Å²) in [6.07, 6.45) is 0. The molecule has 5 heteroatoms. The van der Waals surface area contributed by atoms with E-state index in [4.69, 9.17) is 0 Å². The molecule has 0 N–H and O–H groups in total. The zero-order chi connectivity index (χ0) is 15.8. The van der Waals surface area contributed by atoms with Crippen LogP contribution in [0.2, 0.25) is 0 Å². The number of pyridine rings is 1. The van der Waals surface area contributed by atoms with Gasteiger partial charge in [-0.2, -0.15) is 0 Å². The van der Waals surface area contributed by atoms with E-state index >= 15 is 0 Å². The number of hydrogen-bond donors (Lipinski definition) is 0. The van der Waals surface area contributed by atoms with Crippen LogP contribution in [0.5, 0.6) is 0 Å². The van der Waals surface area contributed by atoms with Crippen molar-refractivity contribution >= 4 is 43.9 Å².